The Balaban J connectivity index is 2.43. The molecule has 0 aliphatic carbocycles. The van der Waals surface area contributed by atoms with Crippen LogP contribution >= 0.6 is 0 Å². The third-order valence-corrected chi connectivity index (χ3v) is 1.96. The van der Waals surface area contributed by atoms with Crippen molar-refractivity contribution in [1.82, 2.24) is 9.97 Å². The molecule has 0 aliphatic rings. The van der Waals surface area contributed by atoms with E-state index in [1.807, 2.05) is 13.0 Å². The molecule has 84 valence electrons. The van der Waals surface area contributed by atoms with Gasteiger partial charge in [-0.15, -0.1) is 0 Å². The largest absolute Gasteiger partial charge is 0.389 e. The van der Waals surface area contributed by atoms with Crippen LogP contribution < -0.4 is 5.32 Å². The molecule has 0 aliphatic heterocycles. The van der Waals surface area contributed by atoms with Gasteiger partial charge in [0.05, 0.1) is 12.7 Å². The molecule has 15 heavy (non-hydrogen) atoms. The first kappa shape index (κ1) is 11.9. The average Bonchev–Trinajstić information content (AvgIpc) is 2.27. The number of hydrogen-bond donors (Lipinski definition) is 2. The molecule has 0 fully saturated rings. The van der Waals surface area contributed by atoms with Crippen LogP contribution in [0, 0.1) is 0 Å². The fraction of sp³-hybridized carbons (Fsp3) is 0.600. The Kier molecular flexibility index (Phi) is 5.00. The predicted molar refractivity (Wildman–Crippen MR) is 57.8 cm³/mol. The molecule has 0 bridgehead atoms. The number of aliphatic hydroxyl groups excluding tert-OH is 1. The summed E-state index contributed by atoms with van der Waals surface area (Å²) in [5.41, 5.74) is 0.980. The molecule has 1 aromatic heterocycles. The van der Waals surface area contributed by atoms with Gasteiger partial charge in [-0.25, -0.2) is 9.97 Å². The van der Waals surface area contributed by atoms with Gasteiger partial charge in [0.15, 0.2) is 0 Å². The second-order valence-electron chi connectivity index (χ2n) is 3.24. The summed E-state index contributed by atoms with van der Waals surface area (Å²) >= 11 is 0. The number of aryl methyl sites for hydroxylation is 1. The van der Waals surface area contributed by atoms with Gasteiger partial charge in [-0.05, 0) is 6.42 Å². The standard InChI is InChI=1S/C10H17N3O2/c1-3-8-4-10(13-7-12-8)11-5-9(14)6-15-2/h4,7,9,14H,3,5-6H2,1-2H3,(H,11,12,13). The number of ether oxygens (including phenoxy) is 1. The van der Waals surface area contributed by atoms with Crippen LogP contribution in [0.3, 0.4) is 0 Å². The van der Waals surface area contributed by atoms with Gasteiger partial charge >= 0.3 is 0 Å². The summed E-state index contributed by atoms with van der Waals surface area (Å²) in [6, 6.07) is 1.87. The van der Waals surface area contributed by atoms with Crippen LogP contribution in [0.15, 0.2) is 12.4 Å². The van der Waals surface area contributed by atoms with E-state index in [2.05, 4.69) is 15.3 Å². The molecule has 5 heteroatoms. The summed E-state index contributed by atoms with van der Waals surface area (Å²) < 4.78 is 4.81. The minimum absolute atomic E-state index is 0.318. The first-order chi connectivity index (χ1) is 7.26. The lowest BCUT2D eigenvalue weighted by Gasteiger charge is -2.11. The van der Waals surface area contributed by atoms with Gasteiger partial charge in [0.25, 0.3) is 0 Å². The van der Waals surface area contributed by atoms with E-state index in [0.717, 1.165) is 17.9 Å². The predicted octanol–water partition coefficient (Wildman–Crippen LogP) is 0.458. The first-order valence-corrected chi connectivity index (χ1v) is 4.98. The molecule has 0 saturated heterocycles. The maximum Gasteiger partial charge on any atom is 0.129 e. The fourth-order valence-corrected chi connectivity index (χ4v) is 1.16. The van der Waals surface area contributed by atoms with Crippen molar-refractivity contribution < 1.29 is 9.84 Å². The van der Waals surface area contributed by atoms with E-state index in [4.69, 9.17) is 4.74 Å². The molecule has 1 rings (SSSR count). The molecule has 1 aromatic rings. The van der Waals surface area contributed by atoms with Crippen LogP contribution in [-0.4, -0.2) is 41.4 Å². The lowest BCUT2D eigenvalue weighted by molar-refractivity contribution is 0.0727. The van der Waals surface area contributed by atoms with Crippen molar-refractivity contribution in [3.63, 3.8) is 0 Å². The van der Waals surface area contributed by atoms with Gasteiger partial charge in [0, 0.05) is 25.4 Å². The Hall–Kier alpha value is -1.20. The Morgan fingerprint density at radius 2 is 2.33 bits per heavy atom. The lowest BCUT2D eigenvalue weighted by Crippen LogP contribution is -2.24. The van der Waals surface area contributed by atoms with E-state index < -0.39 is 6.10 Å². The van der Waals surface area contributed by atoms with Crippen LogP contribution in [0.25, 0.3) is 0 Å². The zero-order valence-corrected chi connectivity index (χ0v) is 9.10. The van der Waals surface area contributed by atoms with E-state index in [9.17, 15) is 5.11 Å². The topological polar surface area (TPSA) is 67.3 Å². The van der Waals surface area contributed by atoms with Gasteiger partial charge < -0.3 is 15.2 Å². The van der Waals surface area contributed by atoms with Crippen molar-refractivity contribution in [2.45, 2.75) is 19.4 Å². The Bertz CT molecular complexity index is 294. The smallest absolute Gasteiger partial charge is 0.129 e. The van der Waals surface area contributed by atoms with E-state index in [-0.39, 0.29) is 0 Å². The van der Waals surface area contributed by atoms with Crippen molar-refractivity contribution in [1.29, 1.82) is 0 Å². The molecule has 1 atom stereocenters. The fourth-order valence-electron chi connectivity index (χ4n) is 1.16. The average molecular weight is 211 g/mol. The van der Waals surface area contributed by atoms with Gasteiger partial charge in [0.1, 0.15) is 12.1 Å². The Labute approximate surface area is 89.5 Å². The highest BCUT2D eigenvalue weighted by atomic mass is 16.5. The SMILES string of the molecule is CCc1cc(NCC(O)COC)ncn1. The molecule has 5 nitrogen and oxygen atoms in total. The molecule has 2 N–H and O–H groups in total. The molecule has 0 saturated carbocycles. The number of hydrogen-bond acceptors (Lipinski definition) is 5. The second kappa shape index (κ2) is 6.31. The first-order valence-electron chi connectivity index (χ1n) is 4.98. The summed E-state index contributed by atoms with van der Waals surface area (Å²) in [5, 5.41) is 12.4. The minimum Gasteiger partial charge on any atom is -0.389 e. The summed E-state index contributed by atoms with van der Waals surface area (Å²) in [6.07, 6.45) is 1.87. The zero-order chi connectivity index (χ0) is 11.1. The molecule has 0 amide bonds. The third-order valence-electron chi connectivity index (χ3n) is 1.96. The summed E-state index contributed by atoms with van der Waals surface area (Å²) in [4.78, 5) is 8.13. The number of nitrogens with zero attached hydrogens (tertiary/aromatic N) is 2. The zero-order valence-electron chi connectivity index (χ0n) is 9.10. The van der Waals surface area contributed by atoms with Crippen molar-refractivity contribution in [2.75, 3.05) is 25.6 Å². The summed E-state index contributed by atoms with van der Waals surface area (Å²) in [5.74, 6) is 0.733. The van der Waals surface area contributed by atoms with Crippen molar-refractivity contribution in [3.05, 3.63) is 18.1 Å². The molecular formula is C10H17N3O2. The van der Waals surface area contributed by atoms with Crippen LogP contribution in [0.5, 0.6) is 0 Å². The van der Waals surface area contributed by atoms with Crippen molar-refractivity contribution in [2.24, 2.45) is 0 Å². The van der Waals surface area contributed by atoms with Crippen molar-refractivity contribution in [3.8, 4) is 0 Å². The van der Waals surface area contributed by atoms with Crippen LogP contribution in [0.1, 0.15) is 12.6 Å². The molecule has 0 radical (unpaired) electrons. The minimum atomic E-state index is -0.518. The molecule has 1 unspecified atom stereocenters. The molecular weight excluding hydrogens is 194 g/mol. The van der Waals surface area contributed by atoms with Gasteiger partial charge in [-0.2, -0.15) is 0 Å². The van der Waals surface area contributed by atoms with E-state index >= 15 is 0 Å². The maximum atomic E-state index is 9.41. The molecule has 0 aromatic carbocycles. The van der Waals surface area contributed by atoms with E-state index in [0.29, 0.717) is 13.2 Å². The number of rotatable bonds is 6. The maximum absolute atomic E-state index is 9.41. The monoisotopic (exact) mass is 211 g/mol. The molecule has 1 heterocycles. The van der Waals surface area contributed by atoms with Crippen LogP contribution in [0.2, 0.25) is 0 Å². The van der Waals surface area contributed by atoms with Crippen molar-refractivity contribution >= 4 is 5.82 Å². The molecule has 0 spiro atoms. The number of aliphatic hydroxyl groups is 1. The number of nitrogens with one attached hydrogen (secondary N) is 1. The lowest BCUT2D eigenvalue weighted by atomic mass is 10.3. The summed E-state index contributed by atoms with van der Waals surface area (Å²) in [7, 11) is 1.56. The van der Waals surface area contributed by atoms with E-state index in [1.54, 1.807) is 7.11 Å². The van der Waals surface area contributed by atoms with E-state index in [1.165, 1.54) is 6.33 Å². The summed E-state index contributed by atoms with van der Waals surface area (Å²) in [6.45, 7) is 2.78. The number of aromatic nitrogens is 2. The Morgan fingerprint density at radius 1 is 1.53 bits per heavy atom. The highest BCUT2D eigenvalue weighted by molar-refractivity contribution is 5.34. The van der Waals surface area contributed by atoms with Gasteiger partial charge in [-0.3, -0.25) is 0 Å². The number of anilines is 1. The van der Waals surface area contributed by atoms with Gasteiger partial charge in [-0.1, -0.05) is 6.92 Å². The van der Waals surface area contributed by atoms with Gasteiger partial charge in [0.2, 0.25) is 0 Å². The normalized spacial score (nSPS) is 12.5. The highest BCUT2D eigenvalue weighted by Gasteiger charge is 2.03. The van der Waals surface area contributed by atoms with Crippen LogP contribution in [0.4, 0.5) is 5.82 Å². The quantitative estimate of drug-likeness (QED) is 0.715. The Morgan fingerprint density at radius 3 is 3.00 bits per heavy atom. The third kappa shape index (κ3) is 4.22. The van der Waals surface area contributed by atoms with Crippen LogP contribution in [-0.2, 0) is 11.2 Å². The highest BCUT2D eigenvalue weighted by Crippen LogP contribution is 2.04. The second-order valence-corrected chi connectivity index (χ2v) is 3.24. The number of methoxy groups -OCH3 is 1.